The molecule has 0 aliphatic heterocycles. The van der Waals surface area contributed by atoms with Crippen molar-refractivity contribution in [3.63, 3.8) is 0 Å². The molecule has 1 aromatic rings. The average molecular weight is 246 g/mol. The fraction of sp³-hybridized carbons (Fsp3) is 0.529. The zero-order valence-corrected chi connectivity index (χ0v) is 11.6. The third-order valence-corrected chi connectivity index (χ3v) is 3.14. The topological polar surface area (TPSA) is 9.23 Å². The Bertz CT molecular complexity index is 305. The van der Waals surface area contributed by atoms with E-state index in [0.29, 0.717) is 0 Å². The summed E-state index contributed by atoms with van der Waals surface area (Å²) in [6.07, 6.45) is 9.72. The lowest BCUT2D eigenvalue weighted by molar-refractivity contribution is 0.0821. The Morgan fingerprint density at radius 1 is 1.06 bits per heavy atom. The molecule has 1 aromatic carbocycles. The SMILES string of the molecule is C=CC(OCCCCCCCC)c1ccccc1. The molecule has 0 heterocycles. The Morgan fingerprint density at radius 3 is 2.39 bits per heavy atom. The molecule has 0 fully saturated rings. The maximum Gasteiger partial charge on any atom is 0.100 e. The first-order chi connectivity index (χ1) is 8.88. The van der Waals surface area contributed by atoms with Gasteiger partial charge in [-0.15, -0.1) is 6.58 Å². The van der Waals surface area contributed by atoms with E-state index in [4.69, 9.17) is 4.74 Å². The van der Waals surface area contributed by atoms with Crippen LogP contribution in [0.4, 0.5) is 0 Å². The summed E-state index contributed by atoms with van der Waals surface area (Å²) < 4.78 is 5.87. The highest BCUT2D eigenvalue weighted by Gasteiger charge is 2.06. The fourth-order valence-electron chi connectivity index (χ4n) is 2.04. The largest absolute Gasteiger partial charge is 0.369 e. The van der Waals surface area contributed by atoms with Gasteiger partial charge in [0.05, 0.1) is 0 Å². The summed E-state index contributed by atoms with van der Waals surface area (Å²) in [6.45, 7) is 6.93. The van der Waals surface area contributed by atoms with E-state index in [1.165, 1.54) is 37.7 Å². The first-order valence-corrected chi connectivity index (χ1v) is 7.17. The van der Waals surface area contributed by atoms with Crippen molar-refractivity contribution in [1.82, 2.24) is 0 Å². The van der Waals surface area contributed by atoms with Crippen molar-refractivity contribution in [3.8, 4) is 0 Å². The van der Waals surface area contributed by atoms with Gasteiger partial charge in [-0.05, 0) is 12.0 Å². The van der Waals surface area contributed by atoms with Crippen LogP contribution in [0.25, 0.3) is 0 Å². The molecular formula is C17H26O. The van der Waals surface area contributed by atoms with Crippen LogP contribution in [-0.4, -0.2) is 6.61 Å². The molecule has 0 aromatic heterocycles. The van der Waals surface area contributed by atoms with Gasteiger partial charge < -0.3 is 4.74 Å². The number of benzene rings is 1. The van der Waals surface area contributed by atoms with Crippen molar-refractivity contribution in [3.05, 3.63) is 48.6 Å². The molecule has 1 atom stereocenters. The van der Waals surface area contributed by atoms with Crippen LogP contribution in [0.5, 0.6) is 0 Å². The normalized spacial score (nSPS) is 12.3. The molecule has 100 valence electrons. The van der Waals surface area contributed by atoms with Crippen LogP contribution in [-0.2, 0) is 4.74 Å². The molecule has 0 aliphatic rings. The van der Waals surface area contributed by atoms with Crippen LogP contribution in [0.3, 0.4) is 0 Å². The monoisotopic (exact) mass is 246 g/mol. The standard InChI is InChI=1S/C17H26O/c1-3-5-6-7-8-12-15-18-17(4-2)16-13-10-9-11-14-16/h4,9-11,13-14,17H,2-3,5-8,12,15H2,1H3. The van der Waals surface area contributed by atoms with E-state index in [2.05, 4.69) is 25.6 Å². The predicted molar refractivity (Wildman–Crippen MR) is 78.7 cm³/mol. The Balaban J connectivity index is 2.15. The molecule has 0 bridgehead atoms. The average Bonchev–Trinajstić information content (AvgIpc) is 2.43. The maximum atomic E-state index is 5.87. The number of hydrogen-bond acceptors (Lipinski definition) is 1. The highest BCUT2D eigenvalue weighted by atomic mass is 16.5. The third-order valence-electron chi connectivity index (χ3n) is 3.14. The number of rotatable bonds is 10. The lowest BCUT2D eigenvalue weighted by Crippen LogP contribution is -2.02. The van der Waals surface area contributed by atoms with Crippen molar-refractivity contribution in [1.29, 1.82) is 0 Å². The number of unbranched alkanes of at least 4 members (excludes halogenated alkanes) is 5. The summed E-state index contributed by atoms with van der Waals surface area (Å²) in [7, 11) is 0. The van der Waals surface area contributed by atoms with E-state index < -0.39 is 0 Å². The Kier molecular flexibility index (Phi) is 8.24. The van der Waals surface area contributed by atoms with Crippen LogP contribution in [0.15, 0.2) is 43.0 Å². The van der Waals surface area contributed by atoms with Crippen LogP contribution >= 0.6 is 0 Å². The molecule has 0 N–H and O–H groups in total. The second-order valence-electron chi connectivity index (χ2n) is 4.71. The van der Waals surface area contributed by atoms with Crippen molar-refractivity contribution in [2.45, 2.75) is 51.6 Å². The second kappa shape index (κ2) is 9.90. The van der Waals surface area contributed by atoms with Gasteiger partial charge in [-0.25, -0.2) is 0 Å². The van der Waals surface area contributed by atoms with E-state index >= 15 is 0 Å². The quantitative estimate of drug-likeness (QED) is 0.402. The van der Waals surface area contributed by atoms with Gasteiger partial charge in [-0.1, -0.05) is 75.4 Å². The van der Waals surface area contributed by atoms with Gasteiger partial charge >= 0.3 is 0 Å². The van der Waals surface area contributed by atoms with Crippen LogP contribution in [0, 0.1) is 0 Å². The fourth-order valence-corrected chi connectivity index (χ4v) is 2.04. The molecule has 0 aliphatic carbocycles. The van der Waals surface area contributed by atoms with E-state index in [1.807, 2.05) is 24.3 Å². The smallest absolute Gasteiger partial charge is 0.100 e. The van der Waals surface area contributed by atoms with Crippen molar-refractivity contribution < 1.29 is 4.74 Å². The van der Waals surface area contributed by atoms with Gasteiger partial charge in [-0.2, -0.15) is 0 Å². The molecule has 18 heavy (non-hydrogen) atoms. The lowest BCUT2D eigenvalue weighted by Gasteiger charge is -2.14. The minimum atomic E-state index is 0.0434. The highest BCUT2D eigenvalue weighted by Crippen LogP contribution is 2.18. The summed E-state index contributed by atoms with van der Waals surface area (Å²) in [5, 5.41) is 0. The van der Waals surface area contributed by atoms with Gasteiger partial charge in [0.25, 0.3) is 0 Å². The minimum Gasteiger partial charge on any atom is -0.369 e. The van der Waals surface area contributed by atoms with Crippen molar-refractivity contribution in [2.75, 3.05) is 6.61 Å². The van der Waals surface area contributed by atoms with Gasteiger partial charge in [-0.3, -0.25) is 0 Å². The molecule has 1 rings (SSSR count). The number of hydrogen-bond donors (Lipinski definition) is 0. The maximum absolute atomic E-state index is 5.87. The molecular weight excluding hydrogens is 220 g/mol. The zero-order chi connectivity index (χ0) is 13.1. The Morgan fingerprint density at radius 2 is 1.72 bits per heavy atom. The minimum absolute atomic E-state index is 0.0434. The van der Waals surface area contributed by atoms with Crippen molar-refractivity contribution >= 4 is 0 Å². The molecule has 1 unspecified atom stereocenters. The van der Waals surface area contributed by atoms with Crippen LogP contribution in [0.2, 0.25) is 0 Å². The molecule has 0 saturated heterocycles. The predicted octanol–water partition coefficient (Wildman–Crippen LogP) is 5.29. The zero-order valence-electron chi connectivity index (χ0n) is 11.6. The molecule has 1 heteroatoms. The van der Waals surface area contributed by atoms with E-state index in [-0.39, 0.29) is 6.10 Å². The first-order valence-electron chi connectivity index (χ1n) is 7.17. The third kappa shape index (κ3) is 6.02. The number of ether oxygens (including phenoxy) is 1. The first kappa shape index (κ1) is 15.0. The summed E-state index contributed by atoms with van der Waals surface area (Å²) in [5.41, 5.74) is 1.19. The second-order valence-corrected chi connectivity index (χ2v) is 4.71. The molecule has 0 saturated carbocycles. The van der Waals surface area contributed by atoms with E-state index in [0.717, 1.165) is 13.0 Å². The van der Waals surface area contributed by atoms with Crippen LogP contribution < -0.4 is 0 Å². The summed E-state index contributed by atoms with van der Waals surface area (Å²) >= 11 is 0. The van der Waals surface area contributed by atoms with Gasteiger partial charge in [0.15, 0.2) is 0 Å². The molecule has 0 spiro atoms. The van der Waals surface area contributed by atoms with E-state index in [9.17, 15) is 0 Å². The Hall–Kier alpha value is -1.08. The summed E-state index contributed by atoms with van der Waals surface area (Å²) in [5.74, 6) is 0. The molecule has 0 radical (unpaired) electrons. The van der Waals surface area contributed by atoms with Gasteiger partial charge in [0.1, 0.15) is 6.10 Å². The molecule has 0 amide bonds. The molecule has 1 nitrogen and oxygen atoms in total. The summed E-state index contributed by atoms with van der Waals surface area (Å²) in [6, 6.07) is 10.3. The van der Waals surface area contributed by atoms with Gasteiger partial charge in [0.2, 0.25) is 0 Å². The summed E-state index contributed by atoms with van der Waals surface area (Å²) in [4.78, 5) is 0. The van der Waals surface area contributed by atoms with Crippen molar-refractivity contribution in [2.24, 2.45) is 0 Å². The highest BCUT2D eigenvalue weighted by molar-refractivity contribution is 5.20. The lowest BCUT2D eigenvalue weighted by atomic mass is 10.1. The van der Waals surface area contributed by atoms with E-state index in [1.54, 1.807) is 0 Å². The Labute approximate surface area is 112 Å². The van der Waals surface area contributed by atoms with Crippen LogP contribution in [0.1, 0.15) is 57.1 Å². The van der Waals surface area contributed by atoms with Gasteiger partial charge in [0, 0.05) is 6.61 Å².